The summed E-state index contributed by atoms with van der Waals surface area (Å²) in [5.74, 6) is 4.37. The number of nitrogens with zero attached hydrogens (tertiary/aromatic N) is 4. The number of hydrogen-bond acceptors (Lipinski definition) is 10. The molecule has 0 atom stereocenters. The average molecular weight is 845 g/mol. The molecule has 0 radical (unpaired) electrons. The van der Waals surface area contributed by atoms with Crippen LogP contribution in [0.4, 0.5) is 23.0 Å². The Hall–Kier alpha value is -2.70. The lowest BCUT2D eigenvalue weighted by Gasteiger charge is -2.29. The lowest BCUT2D eigenvalue weighted by molar-refractivity contribution is 0.599. The summed E-state index contributed by atoms with van der Waals surface area (Å²) in [5, 5.41) is 0. The average Bonchev–Trinajstić information content (AvgIpc) is 3.07. The van der Waals surface area contributed by atoms with Crippen molar-refractivity contribution in [3.05, 3.63) is 94.1 Å². The second-order valence-electron chi connectivity index (χ2n) is 10.3. The van der Waals surface area contributed by atoms with Gasteiger partial charge in [-0.2, -0.15) is 11.8 Å². The molecular weight excluding hydrogens is 812 g/mol. The van der Waals surface area contributed by atoms with Crippen LogP contribution in [-0.2, 0) is 30.8 Å². The van der Waals surface area contributed by atoms with Crippen LogP contribution in [0.15, 0.2) is 104 Å². The molecule has 47 heavy (non-hydrogen) atoms. The van der Waals surface area contributed by atoms with E-state index in [1.165, 1.54) is 12.1 Å². The molecule has 0 spiro atoms. The number of halogens is 2. The summed E-state index contributed by atoms with van der Waals surface area (Å²) in [6.45, 7) is 2.89. The van der Waals surface area contributed by atoms with Gasteiger partial charge in [-0.05, 0) is 68.3 Å². The van der Waals surface area contributed by atoms with Gasteiger partial charge in [-0.1, -0.05) is 36.4 Å². The van der Waals surface area contributed by atoms with E-state index in [0.29, 0.717) is 52.1 Å². The molecule has 2 N–H and O–H groups in total. The fourth-order valence-corrected chi connectivity index (χ4v) is 9.51. The highest BCUT2D eigenvalue weighted by molar-refractivity contribution is 9.10. The van der Waals surface area contributed by atoms with Gasteiger partial charge in [0.05, 0.1) is 21.2 Å². The Labute approximate surface area is 298 Å². The minimum atomic E-state index is -3.70. The summed E-state index contributed by atoms with van der Waals surface area (Å²) in [6.07, 6.45) is 3.32. The van der Waals surface area contributed by atoms with Gasteiger partial charge in [0.1, 0.15) is 0 Å². The highest BCUT2D eigenvalue weighted by Crippen LogP contribution is 2.31. The second-order valence-corrected chi connectivity index (χ2v) is 18.4. The van der Waals surface area contributed by atoms with Gasteiger partial charge in [-0.3, -0.25) is 13.7 Å². The van der Waals surface area contributed by atoms with Crippen molar-refractivity contribution in [2.45, 2.75) is 9.79 Å². The van der Waals surface area contributed by atoms with Crippen molar-refractivity contribution in [2.75, 3.05) is 68.4 Å². The standard InChI is InChI=1S/C15H16BrN3O3S2.C15H16BrN3O2S2/c16-12-10-14(18-24(21,22)13-4-2-1-3-5-13)15(17-11-12)19-6-8-23(20)9-7-19;16-12-10-14(15(17-11-12)19-6-8-22-9-7-19)18-23(20,21)13-4-2-1-3-5-13/h1-5,10-11,18H,6-9H2;1-5,10-11,18H,6-9H2. The third-order valence-corrected chi connectivity index (χ3v) is 12.9. The van der Waals surface area contributed by atoms with E-state index < -0.39 is 30.8 Å². The van der Waals surface area contributed by atoms with E-state index in [-0.39, 0.29) is 9.79 Å². The number of pyridine rings is 2. The van der Waals surface area contributed by atoms with Crippen LogP contribution >= 0.6 is 43.6 Å². The van der Waals surface area contributed by atoms with E-state index >= 15 is 0 Å². The molecule has 0 bridgehead atoms. The van der Waals surface area contributed by atoms with Gasteiger partial charge in [-0.15, -0.1) is 0 Å². The third-order valence-electron chi connectivity index (χ3n) is 7.05. The van der Waals surface area contributed by atoms with Crippen LogP contribution in [0.5, 0.6) is 0 Å². The highest BCUT2D eigenvalue weighted by atomic mass is 79.9. The van der Waals surface area contributed by atoms with E-state index in [0.717, 1.165) is 29.1 Å². The Morgan fingerprint density at radius 2 is 1.06 bits per heavy atom. The normalized spacial score (nSPS) is 15.8. The van der Waals surface area contributed by atoms with Gasteiger partial charge < -0.3 is 9.80 Å². The first-order valence-electron chi connectivity index (χ1n) is 14.4. The minimum Gasteiger partial charge on any atom is -0.353 e. The summed E-state index contributed by atoms with van der Waals surface area (Å²) in [7, 11) is -8.15. The lowest BCUT2D eigenvalue weighted by Crippen LogP contribution is -2.38. The summed E-state index contributed by atoms with van der Waals surface area (Å²) in [5.41, 5.74) is 0.899. The number of benzene rings is 2. The zero-order valence-electron chi connectivity index (χ0n) is 25.0. The van der Waals surface area contributed by atoms with Crippen molar-refractivity contribution in [2.24, 2.45) is 0 Å². The largest absolute Gasteiger partial charge is 0.353 e. The first kappa shape index (κ1) is 35.6. The lowest BCUT2D eigenvalue weighted by atomic mass is 10.3. The molecule has 0 amide bonds. The van der Waals surface area contributed by atoms with Crippen molar-refractivity contribution in [3.63, 3.8) is 0 Å². The molecule has 250 valence electrons. The molecule has 2 fully saturated rings. The fraction of sp³-hybridized carbons (Fsp3) is 0.267. The number of rotatable bonds is 8. The predicted molar refractivity (Wildman–Crippen MR) is 198 cm³/mol. The van der Waals surface area contributed by atoms with Crippen molar-refractivity contribution in [1.82, 2.24) is 9.97 Å². The third kappa shape index (κ3) is 9.69. The SMILES string of the molecule is O=S(=O)(Nc1cc(Br)cnc1N1CCSCC1)c1ccccc1.O=S1CCN(c2ncc(Br)cc2NS(=O)(=O)c2ccccc2)CC1. The van der Waals surface area contributed by atoms with Crippen LogP contribution in [0.3, 0.4) is 0 Å². The molecule has 0 saturated carbocycles. The zero-order valence-corrected chi connectivity index (χ0v) is 31.4. The summed E-state index contributed by atoms with van der Waals surface area (Å²) in [6, 6.07) is 20.0. The molecule has 6 rings (SSSR count). The molecule has 4 heterocycles. The van der Waals surface area contributed by atoms with Crippen LogP contribution in [0.2, 0.25) is 0 Å². The molecular formula is C30H32Br2N6O5S4. The maximum absolute atomic E-state index is 12.6. The molecule has 2 aliphatic heterocycles. The Morgan fingerprint density at radius 1 is 0.660 bits per heavy atom. The maximum Gasteiger partial charge on any atom is 0.262 e. The number of thioether (sulfide) groups is 1. The minimum absolute atomic E-state index is 0.190. The van der Waals surface area contributed by atoms with E-state index in [4.69, 9.17) is 0 Å². The van der Waals surface area contributed by atoms with Gasteiger partial charge in [0, 0.05) is 81.3 Å². The number of aromatic nitrogens is 2. The fourth-order valence-electron chi connectivity index (χ4n) is 4.75. The molecule has 0 unspecified atom stereocenters. The van der Waals surface area contributed by atoms with Crippen molar-refractivity contribution < 1.29 is 21.0 Å². The zero-order chi connectivity index (χ0) is 33.4. The van der Waals surface area contributed by atoms with Gasteiger partial charge in [0.2, 0.25) is 0 Å². The van der Waals surface area contributed by atoms with Gasteiger partial charge in [-0.25, -0.2) is 26.8 Å². The molecule has 17 heteroatoms. The number of nitrogens with one attached hydrogen (secondary N) is 2. The molecule has 0 aliphatic carbocycles. The van der Waals surface area contributed by atoms with Crippen molar-refractivity contribution in [1.29, 1.82) is 0 Å². The van der Waals surface area contributed by atoms with Crippen LogP contribution in [0.25, 0.3) is 0 Å². The Morgan fingerprint density at radius 3 is 1.49 bits per heavy atom. The quantitative estimate of drug-likeness (QED) is 0.237. The topological polar surface area (TPSA) is 142 Å². The van der Waals surface area contributed by atoms with Crippen LogP contribution in [0, 0.1) is 0 Å². The van der Waals surface area contributed by atoms with Crippen LogP contribution < -0.4 is 19.2 Å². The Balaban J connectivity index is 0.000000185. The second kappa shape index (κ2) is 16.1. The Kier molecular flexibility index (Phi) is 12.2. The molecule has 2 aromatic carbocycles. The summed E-state index contributed by atoms with van der Waals surface area (Å²) in [4.78, 5) is 13.3. The van der Waals surface area contributed by atoms with Crippen LogP contribution in [-0.4, -0.2) is 80.2 Å². The smallest absolute Gasteiger partial charge is 0.262 e. The summed E-state index contributed by atoms with van der Waals surface area (Å²) >= 11 is 8.59. The predicted octanol–water partition coefficient (Wildman–Crippen LogP) is 5.41. The van der Waals surface area contributed by atoms with Gasteiger partial charge >= 0.3 is 0 Å². The summed E-state index contributed by atoms with van der Waals surface area (Å²) < 4.78 is 68.5. The number of hydrogen-bond donors (Lipinski definition) is 2. The molecule has 2 saturated heterocycles. The van der Waals surface area contributed by atoms with Gasteiger partial charge in [0.25, 0.3) is 20.0 Å². The first-order valence-corrected chi connectivity index (χ1v) is 21.6. The van der Waals surface area contributed by atoms with E-state index in [9.17, 15) is 21.0 Å². The molecule has 11 nitrogen and oxygen atoms in total. The maximum atomic E-state index is 12.6. The number of anilines is 4. The van der Waals surface area contributed by atoms with E-state index in [2.05, 4.69) is 56.2 Å². The van der Waals surface area contributed by atoms with Crippen molar-refractivity contribution >= 4 is 97.5 Å². The van der Waals surface area contributed by atoms with Crippen LogP contribution in [0.1, 0.15) is 0 Å². The van der Waals surface area contributed by atoms with Gasteiger partial charge in [0.15, 0.2) is 11.6 Å². The molecule has 2 aliphatic rings. The van der Waals surface area contributed by atoms with Crippen molar-refractivity contribution in [3.8, 4) is 0 Å². The number of sulfonamides is 2. The highest BCUT2D eigenvalue weighted by Gasteiger charge is 2.23. The monoisotopic (exact) mass is 842 g/mol. The molecule has 2 aromatic heterocycles. The first-order chi connectivity index (χ1) is 22.5. The van der Waals surface area contributed by atoms with E-state index in [1.54, 1.807) is 73.1 Å². The molecule has 4 aromatic rings. The Bertz CT molecular complexity index is 1910. The van der Waals surface area contributed by atoms with E-state index in [1.807, 2.05) is 16.7 Å².